The van der Waals surface area contributed by atoms with Gasteiger partial charge in [0.2, 0.25) is 0 Å². The van der Waals surface area contributed by atoms with Gasteiger partial charge in [0.05, 0.1) is 33.2 Å². The average molecular weight is 679 g/mol. The predicted molar refractivity (Wildman–Crippen MR) is 214 cm³/mol. The molecule has 4 nitrogen and oxygen atoms in total. The molecule has 0 fully saturated rings. The summed E-state index contributed by atoms with van der Waals surface area (Å²) in [5.74, 6) is 3.34. The molecule has 0 radical (unpaired) electrons. The van der Waals surface area contributed by atoms with E-state index in [9.17, 15) is 0 Å². The van der Waals surface area contributed by atoms with Crippen molar-refractivity contribution >= 4 is 43.6 Å². The van der Waals surface area contributed by atoms with Crippen molar-refractivity contribution in [3.05, 3.63) is 204 Å². The van der Waals surface area contributed by atoms with Gasteiger partial charge in [0.15, 0.2) is 5.75 Å². The Kier molecular flexibility index (Phi) is 5.67. The van der Waals surface area contributed by atoms with Crippen molar-refractivity contribution < 1.29 is 9.47 Å². The smallest absolute Gasteiger partial charge is 0.156 e. The Balaban J connectivity index is 1.22. The Bertz CT molecular complexity index is 3030. The summed E-state index contributed by atoms with van der Waals surface area (Å²) in [6, 6.07) is 65.0. The number of hydrogen-bond donors (Lipinski definition) is 0. The molecule has 0 saturated carbocycles. The van der Waals surface area contributed by atoms with Crippen LogP contribution in [0.25, 0.3) is 55.0 Å². The quantitative estimate of drug-likeness (QED) is 0.182. The van der Waals surface area contributed by atoms with E-state index in [2.05, 4.69) is 191 Å². The minimum absolute atomic E-state index is 0.752. The first-order valence-corrected chi connectivity index (χ1v) is 18.1. The van der Waals surface area contributed by atoms with E-state index in [0.717, 1.165) is 67.7 Å². The second-order valence-corrected chi connectivity index (χ2v) is 14.0. The lowest BCUT2D eigenvalue weighted by molar-refractivity contribution is 0.398. The molecule has 0 aliphatic carbocycles. The van der Waals surface area contributed by atoms with E-state index >= 15 is 0 Å². The van der Waals surface area contributed by atoms with E-state index in [1.165, 1.54) is 32.6 Å². The Morgan fingerprint density at radius 3 is 1.38 bits per heavy atom. The van der Waals surface area contributed by atoms with Crippen molar-refractivity contribution in [2.75, 3.05) is 0 Å². The third kappa shape index (κ3) is 3.69. The average Bonchev–Trinajstić information content (AvgIpc) is 3.74. The summed E-state index contributed by atoms with van der Waals surface area (Å²) in [6.07, 6.45) is 0. The molecule has 0 amide bonds. The van der Waals surface area contributed by atoms with Crippen LogP contribution < -0.4 is 9.47 Å². The van der Waals surface area contributed by atoms with Gasteiger partial charge in [-0.1, -0.05) is 121 Å². The molecule has 2 aliphatic heterocycles. The van der Waals surface area contributed by atoms with Gasteiger partial charge in [-0.05, 0) is 60.7 Å². The van der Waals surface area contributed by atoms with E-state index in [4.69, 9.17) is 9.47 Å². The molecule has 53 heavy (non-hydrogen) atoms. The van der Waals surface area contributed by atoms with E-state index in [1.807, 2.05) is 0 Å². The van der Waals surface area contributed by atoms with Gasteiger partial charge < -0.3 is 18.6 Å². The van der Waals surface area contributed by atoms with E-state index < -0.39 is 5.41 Å². The van der Waals surface area contributed by atoms with Gasteiger partial charge in [0, 0.05) is 49.5 Å². The summed E-state index contributed by atoms with van der Waals surface area (Å²) >= 11 is 0. The van der Waals surface area contributed by atoms with Crippen molar-refractivity contribution in [3.63, 3.8) is 0 Å². The summed E-state index contributed by atoms with van der Waals surface area (Å²) < 4.78 is 18.7. The molecule has 248 valence electrons. The van der Waals surface area contributed by atoms with Gasteiger partial charge in [-0.2, -0.15) is 0 Å². The third-order valence-electron chi connectivity index (χ3n) is 11.4. The lowest BCUT2D eigenvalue weighted by Gasteiger charge is -2.45. The Hall–Kier alpha value is -7.04. The molecule has 12 rings (SSSR count). The summed E-state index contributed by atoms with van der Waals surface area (Å²) in [5.41, 5.74) is 10.3. The monoisotopic (exact) mass is 678 g/mol. The number of nitrogens with zero attached hydrogens (tertiary/aromatic N) is 2. The summed E-state index contributed by atoms with van der Waals surface area (Å²) in [5, 5.41) is 4.89. The number of hydrogen-bond acceptors (Lipinski definition) is 2. The summed E-state index contributed by atoms with van der Waals surface area (Å²) in [7, 11) is 0. The molecule has 0 bridgehead atoms. The zero-order valence-corrected chi connectivity index (χ0v) is 28.5. The van der Waals surface area contributed by atoms with Crippen LogP contribution in [0.3, 0.4) is 0 Å². The van der Waals surface area contributed by atoms with Crippen LogP contribution in [0.1, 0.15) is 22.3 Å². The van der Waals surface area contributed by atoms with Crippen molar-refractivity contribution in [3.8, 4) is 34.4 Å². The first kappa shape index (κ1) is 28.6. The summed E-state index contributed by atoms with van der Waals surface area (Å²) in [4.78, 5) is 0. The van der Waals surface area contributed by atoms with Crippen LogP contribution in [0, 0.1) is 0 Å². The molecule has 2 aromatic heterocycles. The molecule has 8 aromatic carbocycles. The molecular weight excluding hydrogens is 649 g/mol. The molecule has 10 aromatic rings. The van der Waals surface area contributed by atoms with Crippen LogP contribution in [-0.4, -0.2) is 9.13 Å². The van der Waals surface area contributed by atoms with Crippen LogP contribution in [0.4, 0.5) is 0 Å². The number of ether oxygens (including phenoxy) is 2. The van der Waals surface area contributed by atoms with Crippen LogP contribution in [0.15, 0.2) is 182 Å². The number of benzene rings is 8. The molecular formula is C49H30N2O2. The van der Waals surface area contributed by atoms with Gasteiger partial charge in [-0.3, -0.25) is 0 Å². The lowest BCUT2D eigenvalue weighted by atomic mass is 9.62. The Morgan fingerprint density at radius 1 is 0.340 bits per heavy atom. The predicted octanol–water partition coefficient (Wildman–Crippen LogP) is 12.5. The molecule has 4 heteroatoms. The maximum atomic E-state index is 7.14. The molecule has 1 unspecified atom stereocenters. The van der Waals surface area contributed by atoms with Gasteiger partial charge >= 0.3 is 0 Å². The highest BCUT2D eigenvalue weighted by molar-refractivity contribution is 6.10. The van der Waals surface area contributed by atoms with Crippen molar-refractivity contribution in [1.29, 1.82) is 0 Å². The molecule has 4 heterocycles. The van der Waals surface area contributed by atoms with Crippen molar-refractivity contribution in [1.82, 2.24) is 9.13 Å². The Morgan fingerprint density at radius 2 is 0.792 bits per heavy atom. The van der Waals surface area contributed by atoms with E-state index in [-0.39, 0.29) is 0 Å². The largest absolute Gasteiger partial charge is 0.457 e. The highest BCUT2D eigenvalue weighted by atomic mass is 16.5. The SMILES string of the molecule is c1ccc2c(c1)Oc1ccc(-n3c4ccccc4c4ccccc43)cc1C21c2ccccc2Oc2c(-n3c4ccccc4c4ccccc43)cccc21. The highest BCUT2D eigenvalue weighted by Crippen LogP contribution is 2.62. The van der Waals surface area contributed by atoms with Gasteiger partial charge in [0.1, 0.15) is 17.2 Å². The Labute approximate surface area is 305 Å². The topological polar surface area (TPSA) is 28.3 Å². The number of aromatic nitrogens is 2. The second-order valence-electron chi connectivity index (χ2n) is 14.0. The fraction of sp³-hybridized carbons (Fsp3) is 0.0204. The number of para-hydroxylation sites is 7. The van der Waals surface area contributed by atoms with E-state index in [1.54, 1.807) is 0 Å². The normalized spacial score (nSPS) is 15.5. The second kappa shape index (κ2) is 10.5. The first-order valence-electron chi connectivity index (χ1n) is 18.1. The fourth-order valence-corrected chi connectivity index (χ4v) is 9.36. The summed E-state index contributed by atoms with van der Waals surface area (Å²) in [6.45, 7) is 0. The third-order valence-corrected chi connectivity index (χ3v) is 11.4. The van der Waals surface area contributed by atoms with Crippen LogP contribution >= 0.6 is 0 Å². The van der Waals surface area contributed by atoms with Crippen LogP contribution in [-0.2, 0) is 5.41 Å². The maximum Gasteiger partial charge on any atom is 0.156 e. The maximum absolute atomic E-state index is 7.14. The standard InChI is InChI=1S/C49H30N2O2/c1-7-21-40-32(14-1)33-15-2-8-22-41(33)50(40)31-28-29-47-39(30-31)49(36-18-5-11-26-45(36)52-47)37-19-6-12-27-46(37)53-48-38(49)20-13-25-44(48)51-42-23-9-3-16-34(42)35-17-4-10-24-43(35)51/h1-30H. The lowest BCUT2D eigenvalue weighted by Crippen LogP contribution is -2.37. The van der Waals surface area contributed by atoms with Gasteiger partial charge in [-0.15, -0.1) is 0 Å². The minimum Gasteiger partial charge on any atom is -0.457 e. The molecule has 2 aliphatic rings. The number of fused-ring (bicyclic) bond motifs is 14. The molecule has 0 N–H and O–H groups in total. The van der Waals surface area contributed by atoms with Crippen molar-refractivity contribution in [2.24, 2.45) is 0 Å². The van der Waals surface area contributed by atoms with E-state index in [0.29, 0.717) is 0 Å². The van der Waals surface area contributed by atoms with Crippen LogP contribution in [0.5, 0.6) is 23.0 Å². The van der Waals surface area contributed by atoms with Crippen molar-refractivity contribution in [2.45, 2.75) is 5.41 Å². The zero-order valence-electron chi connectivity index (χ0n) is 28.5. The highest BCUT2D eigenvalue weighted by Gasteiger charge is 2.51. The molecule has 1 atom stereocenters. The minimum atomic E-state index is -0.752. The van der Waals surface area contributed by atoms with Gasteiger partial charge in [-0.25, -0.2) is 0 Å². The molecule has 1 spiro atoms. The first-order chi connectivity index (χ1) is 26.3. The fourth-order valence-electron chi connectivity index (χ4n) is 9.36. The van der Waals surface area contributed by atoms with Crippen LogP contribution in [0.2, 0.25) is 0 Å². The number of rotatable bonds is 2. The van der Waals surface area contributed by atoms with Gasteiger partial charge in [0.25, 0.3) is 0 Å². The zero-order chi connectivity index (χ0) is 34.7. The molecule has 0 saturated heterocycles.